The van der Waals surface area contributed by atoms with Crippen LogP contribution in [0, 0.1) is 0 Å². The van der Waals surface area contributed by atoms with Crippen molar-refractivity contribution in [2.75, 3.05) is 11.1 Å². The number of nitrogen functional groups attached to an aromatic ring is 1. The molecule has 4 heteroatoms. The fraction of sp³-hybridized carbons (Fsp3) is 0.0833. The molecule has 0 aliphatic rings. The summed E-state index contributed by atoms with van der Waals surface area (Å²) >= 11 is 5.92. The van der Waals surface area contributed by atoms with Gasteiger partial charge in [-0.05, 0) is 23.8 Å². The Bertz CT molecular complexity index is 471. The first-order valence-corrected chi connectivity index (χ1v) is 5.32. The highest BCUT2D eigenvalue weighted by molar-refractivity contribution is 6.33. The van der Waals surface area contributed by atoms with Gasteiger partial charge in [0.1, 0.15) is 0 Å². The summed E-state index contributed by atoms with van der Waals surface area (Å²) in [5.74, 6) is 0. The number of hydrogen-bond donors (Lipinski definition) is 2. The zero-order valence-electron chi connectivity index (χ0n) is 8.65. The minimum Gasteiger partial charge on any atom is -0.396 e. The van der Waals surface area contributed by atoms with Crippen molar-refractivity contribution in [3.63, 3.8) is 0 Å². The number of nitrogens with one attached hydrogen (secondary N) is 1. The smallest absolute Gasteiger partial charge is 0.0739 e. The van der Waals surface area contributed by atoms with Crippen LogP contribution in [-0.2, 0) is 6.54 Å². The normalized spacial score (nSPS) is 10.1. The van der Waals surface area contributed by atoms with E-state index in [0.29, 0.717) is 17.3 Å². The highest BCUT2D eigenvalue weighted by Gasteiger charge is 2.01. The van der Waals surface area contributed by atoms with Crippen LogP contribution in [0.4, 0.5) is 11.4 Å². The van der Waals surface area contributed by atoms with Crippen LogP contribution in [-0.4, -0.2) is 4.98 Å². The summed E-state index contributed by atoms with van der Waals surface area (Å²) in [6.45, 7) is 0.679. The van der Waals surface area contributed by atoms with Crippen LogP contribution < -0.4 is 11.1 Å². The molecule has 0 bridgehead atoms. The molecule has 1 heterocycles. The summed E-state index contributed by atoms with van der Waals surface area (Å²) in [4.78, 5) is 4.04. The standard InChI is InChI=1S/C12H12ClN3/c13-10-4-1-5-11(12(10)14)16-8-9-3-2-6-15-7-9/h1-7,16H,8,14H2. The molecule has 16 heavy (non-hydrogen) atoms. The first-order chi connectivity index (χ1) is 7.77. The Balaban J connectivity index is 2.08. The van der Waals surface area contributed by atoms with Crippen molar-refractivity contribution in [1.29, 1.82) is 0 Å². The largest absolute Gasteiger partial charge is 0.396 e. The van der Waals surface area contributed by atoms with Gasteiger partial charge in [-0.2, -0.15) is 0 Å². The van der Waals surface area contributed by atoms with Crippen LogP contribution in [0.25, 0.3) is 0 Å². The Labute approximate surface area is 99.3 Å². The zero-order valence-corrected chi connectivity index (χ0v) is 9.41. The van der Waals surface area contributed by atoms with E-state index >= 15 is 0 Å². The SMILES string of the molecule is Nc1c(Cl)cccc1NCc1cccnc1. The zero-order chi connectivity index (χ0) is 11.4. The molecule has 0 spiro atoms. The number of hydrogen-bond acceptors (Lipinski definition) is 3. The summed E-state index contributed by atoms with van der Waals surface area (Å²) in [7, 11) is 0. The number of rotatable bonds is 3. The average molecular weight is 234 g/mol. The van der Waals surface area contributed by atoms with Gasteiger partial charge in [0.2, 0.25) is 0 Å². The molecule has 2 aromatic rings. The number of pyridine rings is 1. The van der Waals surface area contributed by atoms with E-state index in [2.05, 4.69) is 10.3 Å². The highest BCUT2D eigenvalue weighted by atomic mass is 35.5. The van der Waals surface area contributed by atoms with Crippen molar-refractivity contribution in [3.05, 3.63) is 53.3 Å². The molecule has 0 radical (unpaired) electrons. The van der Waals surface area contributed by atoms with Crippen LogP contribution in [0.15, 0.2) is 42.7 Å². The molecular weight excluding hydrogens is 222 g/mol. The molecule has 0 unspecified atom stereocenters. The average Bonchev–Trinajstić information content (AvgIpc) is 2.32. The van der Waals surface area contributed by atoms with Crippen LogP contribution >= 0.6 is 11.6 Å². The van der Waals surface area contributed by atoms with Crippen LogP contribution in [0.3, 0.4) is 0 Å². The van der Waals surface area contributed by atoms with Crippen molar-refractivity contribution >= 4 is 23.0 Å². The van der Waals surface area contributed by atoms with E-state index in [0.717, 1.165) is 11.3 Å². The quantitative estimate of drug-likeness (QED) is 0.802. The van der Waals surface area contributed by atoms with Gasteiger partial charge in [-0.1, -0.05) is 23.7 Å². The first-order valence-electron chi connectivity index (χ1n) is 4.94. The van der Waals surface area contributed by atoms with Gasteiger partial charge in [-0.25, -0.2) is 0 Å². The van der Waals surface area contributed by atoms with Gasteiger partial charge in [0.25, 0.3) is 0 Å². The molecule has 1 aromatic heterocycles. The molecule has 3 nitrogen and oxygen atoms in total. The number of halogens is 1. The minimum atomic E-state index is 0.566. The van der Waals surface area contributed by atoms with Crippen LogP contribution in [0.5, 0.6) is 0 Å². The second-order valence-corrected chi connectivity index (χ2v) is 3.82. The van der Waals surface area contributed by atoms with Gasteiger partial charge in [-0.15, -0.1) is 0 Å². The second kappa shape index (κ2) is 4.86. The molecule has 3 N–H and O–H groups in total. The van der Waals surface area contributed by atoms with E-state index in [9.17, 15) is 0 Å². The predicted molar refractivity (Wildman–Crippen MR) is 67.4 cm³/mol. The van der Waals surface area contributed by atoms with Gasteiger partial charge in [-0.3, -0.25) is 4.98 Å². The maximum atomic E-state index is 5.92. The Morgan fingerprint density at radius 3 is 2.88 bits per heavy atom. The number of para-hydroxylation sites is 1. The Morgan fingerprint density at radius 1 is 1.25 bits per heavy atom. The summed E-state index contributed by atoms with van der Waals surface area (Å²) in [5, 5.41) is 3.79. The number of aromatic nitrogens is 1. The third-order valence-corrected chi connectivity index (χ3v) is 2.59. The lowest BCUT2D eigenvalue weighted by molar-refractivity contribution is 1.11. The maximum Gasteiger partial charge on any atom is 0.0739 e. The van der Waals surface area contributed by atoms with Crippen molar-refractivity contribution in [2.45, 2.75) is 6.54 Å². The first kappa shape index (κ1) is 10.8. The van der Waals surface area contributed by atoms with E-state index in [1.165, 1.54) is 0 Å². The van der Waals surface area contributed by atoms with Gasteiger partial charge in [0.15, 0.2) is 0 Å². The molecule has 0 aliphatic heterocycles. The van der Waals surface area contributed by atoms with Crippen molar-refractivity contribution < 1.29 is 0 Å². The van der Waals surface area contributed by atoms with Crippen LogP contribution in [0.1, 0.15) is 5.56 Å². The third-order valence-electron chi connectivity index (χ3n) is 2.26. The summed E-state index contributed by atoms with van der Waals surface area (Å²) in [6.07, 6.45) is 3.56. The molecule has 82 valence electrons. The molecular formula is C12H12ClN3. The maximum absolute atomic E-state index is 5.92. The molecule has 2 rings (SSSR count). The lowest BCUT2D eigenvalue weighted by Crippen LogP contribution is -2.02. The summed E-state index contributed by atoms with van der Waals surface area (Å²) < 4.78 is 0. The number of benzene rings is 1. The van der Waals surface area contributed by atoms with Crippen molar-refractivity contribution in [2.24, 2.45) is 0 Å². The molecule has 0 amide bonds. The molecule has 0 saturated heterocycles. The summed E-state index contributed by atoms with van der Waals surface area (Å²) in [6, 6.07) is 9.44. The highest BCUT2D eigenvalue weighted by Crippen LogP contribution is 2.26. The van der Waals surface area contributed by atoms with Crippen molar-refractivity contribution in [3.8, 4) is 0 Å². The van der Waals surface area contributed by atoms with E-state index in [1.54, 1.807) is 12.3 Å². The van der Waals surface area contributed by atoms with E-state index in [4.69, 9.17) is 17.3 Å². The Hall–Kier alpha value is -1.74. The van der Waals surface area contributed by atoms with Gasteiger partial charge in [0, 0.05) is 18.9 Å². The second-order valence-electron chi connectivity index (χ2n) is 3.42. The monoisotopic (exact) mass is 233 g/mol. The number of nitrogens with two attached hydrogens (primary N) is 1. The molecule has 1 aromatic carbocycles. The Morgan fingerprint density at radius 2 is 2.12 bits per heavy atom. The van der Waals surface area contributed by atoms with Gasteiger partial charge >= 0.3 is 0 Å². The number of nitrogens with zero attached hydrogens (tertiary/aromatic N) is 1. The molecule has 0 atom stereocenters. The topological polar surface area (TPSA) is 50.9 Å². The molecule has 0 saturated carbocycles. The predicted octanol–water partition coefficient (Wildman–Crippen LogP) is 2.93. The fourth-order valence-electron chi connectivity index (χ4n) is 1.39. The molecule has 0 fully saturated rings. The minimum absolute atomic E-state index is 0.566. The Kier molecular flexibility index (Phi) is 3.27. The third kappa shape index (κ3) is 2.44. The lowest BCUT2D eigenvalue weighted by atomic mass is 10.2. The van der Waals surface area contributed by atoms with Gasteiger partial charge in [0.05, 0.1) is 16.4 Å². The van der Waals surface area contributed by atoms with Gasteiger partial charge < -0.3 is 11.1 Å². The van der Waals surface area contributed by atoms with Crippen molar-refractivity contribution in [1.82, 2.24) is 4.98 Å². The summed E-state index contributed by atoms with van der Waals surface area (Å²) in [5.41, 5.74) is 8.36. The van der Waals surface area contributed by atoms with E-state index in [-0.39, 0.29) is 0 Å². The molecule has 0 aliphatic carbocycles. The number of anilines is 2. The van der Waals surface area contributed by atoms with Crippen LogP contribution in [0.2, 0.25) is 5.02 Å². The fourth-order valence-corrected chi connectivity index (χ4v) is 1.57. The van der Waals surface area contributed by atoms with E-state index < -0.39 is 0 Å². The van der Waals surface area contributed by atoms with E-state index in [1.807, 2.05) is 30.5 Å². The lowest BCUT2D eigenvalue weighted by Gasteiger charge is -2.09.